The molecule has 0 fully saturated rings. The highest BCUT2D eigenvalue weighted by Gasteiger charge is 2.54. The van der Waals surface area contributed by atoms with Gasteiger partial charge in [0.05, 0.1) is 11.4 Å². The maximum absolute atomic E-state index is 6.95. The zero-order chi connectivity index (χ0) is 36.8. The minimum Gasteiger partial charge on any atom is -0.459 e. The standard InChI is InChI=1S/C54H33NO/c1-2-13-37(14-3-1)49-32-41(33-50(55-49)40-27-26-34-12-4-5-15-38(34)30-40)36-24-22-35(23-25-36)39-28-29-48-45(31-39)52-44-18-8-11-21-51(44)56-53(52)54(48)46-19-9-6-16-42(46)43-17-7-10-20-47(43)54/h1-33H. The van der Waals surface area contributed by atoms with Gasteiger partial charge in [-0.2, -0.15) is 0 Å². The largest absolute Gasteiger partial charge is 0.459 e. The molecule has 0 N–H and O–H groups in total. The lowest BCUT2D eigenvalue weighted by Crippen LogP contribution is -2.25. The van der Waals surface area contributed by atoms with Crippen molar-refractivity contribution >= 4 is 21.7 Å². The van der Waals surface area contributed by atoms with E-state index in [2.05, 4.69) is 200 Å². The lowest BCUT2D eigenvalue weighted by atomic mass is 9.73. The average Bonchev–Trinajstić information content (AvgIpc) is 3.90. The van der Waals surface area contributed by atoms with E-state index in [4.69, 9.17) is 9.40 Å². The molecule has 2 aromatic heterocycles. The van der Waals surface area contributed by atoms with Gasteiger partial charge in [0.2, 0.25) is 0 Å². The molecule has 8 aromatic carbocycles. The van der Waals surface area contributed by atoms with E-state index in [1.54, 1.807) is 0 Å². The Kier molecular flexibility index (Phi) is 6.58. The molecule has 2 nitrogen and oxygen atoms in total. The summed E-state index contributed by atoms with van der Waals surface area (Å²) < 4.78 is 6.95. The lowest BCUT2D eigenvalue weighted by molar-refractivity contribution is 0.507. The molecular weight excluding hydrogens is 679 g/mol. The number of furan rings is 1. The van der Waals surface area contributed by atoms with Crippen LogP contribution in [0.5, 0.6) is 0 Å². The van der Waals surface area contributed by atoms with Crippen LogP contribution in [0.1, 0.15) is 22.5 Å². The minimum atomic E-state index is -0.514. The third kappa shape index (κ3) is 4.41. The van der Waals surface area contributed by atoms with Gasteiger partial charge in [0.25, 0.3) is 0 Å². The average molecular weight is 712 g/mol. The first-order chi connectivity index (χ1) is 27.7. The molecule has 12 rings (SSSR count). The van der Waals surface area contributed by atoms with Gasteiger partial charge in [0.1, 0.15) is 16.8 Å². The Morgan fingerprint density at radius 1 is 0.357 bits per heavy atom. The molecule has 0 unspecified atom stereocenters. The number of rotatable bonds is 4. The molecule has 0 aliphatic heterocycles. The van der Waals surface area contributed by atoms with Gasteiger partial charge < -0.3 is 4.42 Å². The zero-order valence-electron chi connectivity index (χ0n) is 30.4. The van der Waals surface area contributed by atoms with E-state index in [0.29, 0.717) is 0 Å². The molecular formula is C54H33NO. The highest BCUT2D eigenvalue weighted by molar-refractivity contribution is 6.05. The first kappa shape index (κ1) is 31.1. The summed E-state index contributed by atoms with van der Waals surface area (Å²) in [5.74, 6) is 1.02. The van der Waals surface area contributed by atoms with E-state index in [0.717, 1.165) is 50.4 Å². The lowest BCUT2D eigenvalue weighted by Gasteiger charge is -2.28. The quantitative estimate of drug-likeness (QED) is 0.182. The Bertz CT molecular complexity index is 3140. The summed E-state index contributed by atoms with van der Waals surface area (Å²) in [5.41, 5.74) is 18.0. The molecule has 0 saturated heterocycles. The van der Waals surface area contributed by atoms with Crippen molar-refractivity contribution in [1.82, 2.24) is 4.98 Å². The first-order valence-electron chi connectivity index (χ1n) is 19.3. The summed E-state index contributed by atoms with van der Waals surface area (Å²) in [6, 6.07) is 72.3. The van der Waals surface area contributed by atoms with Crippen molar-refractivity contribution < 1.29 is 4.42 Å². The maximum atomic E-state index is 6.95. The smallest absolute Gasteiger partial charge is 0.135 e. The fourth-order valence-corrected chi connectivity index (χ4v) is 9.53. The molecule has 0 bridgehead atoms. The van der Waals surface area contributed by atoms with E-state index in [1.165, 1.54) is 60.8 Å². The van der Waals surface area contributed by atoms with Crippen molar-refractivity contribution in [2.75, 3.05) is 0 Å². The molecule has 56 heavy (non-hydrogen) atoms. The predicted octanol–water partition coefficient (Wildman–Crippen LogP) is 14.0. The van der Waals surface area contributed by atoms with Crippen molar-refractivity contribution in [2.24, 2.45) is 0 Å². The van der Waals surface area contributed by atoms with Crippen molar-refractivity contribution in [1.29, 1.82) is 0 Å². The van der Waals surface area contributed by atoms with Gasteiger partial charge >= 0.3 is 0 Å². The highest BCUT2D eigenvalue weighted by atomic mass is 16.3. The van der Waals surface area contributed by atoms with E-state index in [1.807, 2.05) is 0 Å². The van der Waals surface area contributed by atoms with Gasteiger partial charge in [-0.05, 0) is 96.7 Å². The Labute approximate surface area is 325 Å². The molecule has 2 aliphatic rings. The van der Waals surface area contributed by atoms with E-state index in [9.17, 15) is 0 Å². The van der Waals surface area contributed by atoms with Crippen molar-refractivity contribution in [2.45, 2.75) is 5.41 Å². The molecule has 260 valence electrons. The monoisotopic (exact) mass is 711 g/mol. The molecule has 0 amide bonds. The van der Waals surface area contributed by atoms with Crippen LogP contribution in [0.25, 0.3) is 88.8 Å². The summed E-state index contributed by atoms with van der Waals surface area (Å²) in [7, 11) is 0. The second-order valence-corrected chi connectivity index (χ2v) is 15.0. The van der Waals surface area contributed by atoms with Gasteiger partial charge in [0, 0.05) is 22.1 Å². The SMILES string of the molecule is c1ccc(-c2cc(-c3ccc(-c4ccc5c(c4)-c4c(oc6ccccc46)C54c5ccccc5-c5ccccc54)cc3)cc(-c3ccc4ccccc4c3)n2)cc1. The van der Waals surface area contributed by atoms with Gasteiger partial charge in [0.15, 0.2) is 0 Å². The van der Waals surface area contributed by atoms with Crippen molar-refractivity contribution in [3.63, 3.8) is 0 Å². The normalized spacial score (nSPS) is 13.1. The molecule has 10 aromatic rings. The number of para-hydroxylation sites is 1. The highest BCUT2D eigenvalue weighted by Crippen LogP contribution is 2.64. The van der Waals surface area contributed by atoms with Gasteiger partial charge in [-0.25, -0.2) is 4.98 Å². The number of nitrogens with zero attached hydrogens (tertiary/aromatic N) is 1. The third-order valence-electron chi connectivity index (χ3n) is 12.1. The van der Waals surface area contributed by atoms with Crippen LogP contribution in [0.4, 0.5) is 0 Å². The summed E-state index contributed by atoms with van der Waals surface area (Å²) in [6.07, 6.45) is 0. The van der Waals surface area contributed by atoms with E-state index >= 15 is 0 Å². The van der Waals surface area contributed by atoms with Gasteiger partial charge in [-0.1, -0.05) is 170 Å². The van der Waals surface area contributed by atoms with Crippen LogP contribution in [-0.2, 0) is 5.41 Å². The molecule has 0 saturated carbocycles. The zero-order valence-corrected chi connectivity index (χ0v) is 30.4. The fourth-order valence-electron chi connectivity index (χ4n) is 9.53. The van der Waals surface area contributed by atoms with Crippen LogP contribution < -0.4 is 0 Å². The number of pyridine rings is 1. The van der Waals surface area contributed by atoms with Crippen LogP contribution in [0.15, 0.2) is 205 Å². The summed E-state index contributed by atoms with van der Waals surface area (Å²) in [5, 5.41) is 3.59. The summed E-state index contributed by atoms with van der Waals surface area (Å²) in [6.45, 7) is 0. The second kappa shape index (κ2) is 11.9. The summed E-state index contributed by atoms with van der Waals surface area (Å²) >= 11 is 0. The summed E-state index contributed by atoms with van der Waals surface area (Å²) in [4.78, 5) is 5.19. The van der Waals surface area contributed by atoms with Crippen LogP contribution in [0.3, 0.4) is 0 Å². The van der Waals surface area contributed by atoms with Crippen LogP contribution in [0, 0.1) is 0 Å². The first-order valence-corrected chi connectivity index (χ1v) is 19.3. The number of benzene rings is 8. The van der Waals surface area contributed by atoms with Crippen LogP contribution in [0.2, 0.25) is 0 Å². The number of hydrogen-bond donors (Lipinski definition) is 0. The number of hydrogen-bond acceptors (Lipinski definition) is 2. The minimum absolute atomic E-state index is 0.514. The Balaban J connectivity index is 0.993. The number of fused-ring (bicyclic) bond motifs is 13. The van der Waals surface area contributed by atoms with E-state index < -0.39 is 5.41 Å². The predicted molar refractivity (Wildman–Crippen MR) is 230 cm³/mol. The molecule has 2 aliphatic carbocycles. The molecule has 1 spiro atoms. The molecule has 2 heterocycles. The fraction of sp³-hybridized carbons (Fsp3) is 0.0185. The van der Waals surface area contributed by atoms with Gasteiger partial charge in [-0.3, -0.25) is 0 Å². The Morgan fingerprint density at radius 3 is 1.70 bits per heavy atom. The molecule has 2 heteroatoms. The molecule has 0 atom stereocenters. The second-order valence-electron chi connectivity index (χ2n) is 15.0. The van der Waals surface area contributed by atoms with Crippen molar-refractivity contribution in [3.8, 4) is 67.0 Å². The Morgan fingerprint density at radius 2 is 0.929 bits per heavy atom. The topological polar surface area (TPSA) is 26.0 Å². The number of aromatic nitrogens is 1. The third-order valence-corrected chi connectivity index (χ3v) is 12.1. The van der Waals surface area contributed by atoms with Crippen molar-refractivity contribution in [3.05, 3.63) is 223 Å². The van der Waals surface area contributed by atoms with Crippen LogP contribution in [-0.4, -0.2) is 4.98 Å². The van der Waals surface area contributed by atoms with Crippen LogP contribution >= 0.6 is 0 Å². The van der Waals surface area contributed by atoms with Gasteiger partial charge in [-0.15, -0.1) is 0 Å². The maximum Gasteiger partial charge on any atom is 0.135 e. The van der Waals surface area contributed by atoms with E-state index in [-0.39, 0.29) is 0 Å². The Hall–Kier alpha value is -7.29. The molecule has 0 radical (unpaired) electrons.